The summed E-state index contributed by atoms with van der Waals surface area (Å²) < 4.78 is 11.3. The topological polar surface area (TPSA) is 88.3 Å². The minimum absolute atomic E-state index is 0.154. The Balaban J connectivity index is 1.49. The normalized spacial score (nSPS) is 15.3. The van der Waals surface area contributed by atoms with Crippen molar-refractivity contribution in [3.63, 3.8) is 0 Å². The molecule has 2 aromatic rings. The van der Waals surface area contributed by atoms with Crippen molar-refractivity contribution in [2.24, 2.45) is 0 Å². The number of carbonyl (C=O) groups is 1. The molecule has 1 aliphatic heterocycles. The molecule has 8 heteroatoms. The molecule has 0 bridgehead atoms. The van der Waals surface area contributed by atoms with Gasteiger partial charge in [0.2, 0.25) is 0 Å². The second kappa shape index (κ2) is 12.7. The summed E-state index contributed by atoms with van der Waals surface area (Å²) in [6.07, 6.45) is 11.0. The highest BCUT2D eigenvalue weighted by atomic mass is 35.5. The van der Waals surface area contributed by atoms with Crippen LogP contribution in [0.1, 0.15) is 19.3 Å². The summed E-state index contributed by atoms with van der Waals surface area (Å²) in [5, 5.41) is 6.33. The number of aromatic nitrogens is 2. The second-order valence-electron chi connectivity index (χ2n) is 7.28. The van der Waals surface area contributed by atoms with Gasteiger partial charge in [-0.25, -0.2) is 9.78 Å². The van der Waals surface area contributed by atoms with E-state index < -0.39 is 0 Å². The van der Waals surface area contributed by atoms with Gasteiger partial charge >= 0.3 is 6.03 Å². The first kappa shape index (κ1) is 23.6. The number of allylic oxidation sites excluding steroid dienone is 3. The maximum Gasteiger partial charge on any atom is 0.315 e. The van der Waals surface area contributed by atoms with Gasteiger partial charge in [0.1, 0.15) is 5.75 Å². The highest BCUT2D eigenvalue weighted by molar-refractivity contribution is 6.32. The number of aromatic amines is 1. The van der Waals surface area contributed by atoms with Gasteiger partial charge < -0.3 is 25.1 Å². The first-order chi connectivity index (χ1) is 15.7. The summed E-state index contributed by atoms with van der Waals surface area (Å²) in [6, 6.07) is 7.74. The van der Waals surface area contributed by atoms with Crippen LogP contribution in [0.2, 0.25) is 0 Å². The van der Waals surface area contributed by atoms with Crippen LogP contribution in [0.4, 0.5) is 4.79 Å². The van der Waals surface area contributed by atoms with Crippen LogP contribution in [-0.4, -0.2) is 48.4 Å². The van der Waals surface area contributed by atoms with Crippen LogP contribution in [0.25, 0.3) is 11.3 Å². The standard InChI is InChI=1S/C24H29ClN4O3/c1-2-5-18(21(25)8-12-27-24(30)29-19-10-13-31-14-11-19)9-15-32-23-7-4-3-6-20(23)22-16-26-17-28-22/h2-8,16-17,19H,1,9-15H2,(H,26,28)(H2,27,29,30)/b18-5-,21-8+. The van der Waals surface area contributed by atoms with E-state index in [-0.39, 0.29) is 12.1 Å². The number of hydrogen-bond acceptors (Lipinski definition) is 4. The number of halogens is 1. The monoisotopic (exact) mass is 456 g/mol. The van der Waals surface area contributed by atoms with E-state index >= 15 is 0 Å². The Kier molecular flexibility index (Phi) is 9.40. The number of hydrogen-bond donors (Lipinski definition) is 3. The molecule has 0 aliphatic carbocycles. The molecule has 0 atom stereocenters. The molecular formula is C24H29ClN4O3. The Morgan fingerprint density at radius 2 is 2.16 bits per heavy atom. The zero-order valence-corrected chi connectivity index (χ0v) is 18.7. The molecule has 1 aromatic carbocycles. The maximum absolute atomic E-state index is 12.1. The Hall–Kier alpha value is -3.03. The smallest absolute Gasteiger partial charge is 0.315 e. The van der Waals surface area contributed by atoms with Crippen LogP contribution in [0.3, 0.4) is 0 Å². The minimum atomic E-state index is -0.203. The fraction of sp³-hybridized carbons (Fsp3) is 0.333. The van der Waals surface area contributed by atoms with Crippen LogP contribution >= 0.6 is 11.6 Å². The molecule has 1 aromatic heterocycles. The Morgan fingerprint density at radius 1 is 1.34 bits per heavy atom. The Morgan fingerprint density at radius 3 is 2.91 bits per heavy atom. The van der Waals surface area contributed by atoms with Crippen molar-refractivity contribution in [2.75, 3.05) is 26.4 Å². The summed E-state index contributed by atoms with van der Waals surface area (Å²) in [6.45, 7) is 5.89. The van der Waals surface area contributed by atoms with Gasteiger partial charge in [-0.2, -0.15) is 0 Å². The highest BCUT2D eigenvalue weighted by Crippen LogP contribution is 2.28. The number of urea groups is 1. The molecule has 1 aliphatic rings. The van der Waals surface area contributed by atoms with Gasteiger partial charge in [0.15, 0.2) is 0 Å². The fourth-order valence-electron chi connectivity index (χ4n) is 3.36. The molecule has 3 rings (SSSR count). The minimum Gasteiger partial charge on any atom is -0.493 e. The van der Waals surface area contributed by atoms with Gasteiger partial charge in [-0.3, -0.25) is 0 Å². The Bertz CT molecular complexity index is 934. The van der Waals surface area contributed by atoms with E-state index in [0.717, 1.165) is 35.4 Å². The van der Waals surface area contributed by atoms with Gasteiger partial charge in [0.05, 0.1) is 24.8 Å². The van der Waals surface area contributed by atoms with Gasteiger partial charge in [-0.05, 0) is 36.6 Å². The van der Waals surface area contributed by atoms with Crippen molar-refractivity contribution in [1.29, 1.82) is 0 Å². The first-order valence-corrected chi connectivity index (χ1v) is 11.1. The van der Waals surface area contributed by atoms with Gasteiger partial charge in [-0.1, -0.05) is 42.5 Å². The summed E-state index contributed by atoms with van der Waals surface area (Å²) in [5.74, 6) is 0.765. The summed E-state index contributed by atoms with van der Waals surface area (Å²) in [5.41, 5.74) is 2.72. The van der Waals surface area contributed by atoms with E-state index in [9.17, 15) is 4.79 Å². The van der Waals surface area contributed by atoms with Crippen LogP contribution in [0.15, 0.2) is 72.2 Å². The molecule has 1 fully saturated rings. The molecule has 7 nitrogen and oxygen atoms in total. The third-order valence-corrected chi connectivity index (χ3v) is 5.43. The van der Waals surface area contributed by atoms with Gasteiger partial charge in [0, 0.05) is 42.8 Å². The second-order valence-corrected chi connectivity index (χ2v) is 7.69. The van der Waals surface area contributed by atoms with E-state index in [1.807, 2.05) is 30.3 Å². The Labute approximate surface area is 193 Å². The SMILES string of the molecule is C=C/C=C(CCOc1ccccc1-c1cnc[nH]1)\C(Cl)=C/CNC(=O)NC1CCOCC1. The van der Waals surface area contributed by atoms with E-state index in [0.29, 0.717) is 37.8 Å². The average Bonchev–Trinajstić information content (AvgIpc) is 3.34. The summed E-state index contributed by atoms with van der Waals surface area (Å²) in [4.78, 5) is 19.2. The fourth-order valence-corrected chi connectivity index (χ4v) is 3.59. The summed E-state index contributed by atoms with van der Waals surface area (Å²) >= 11 is 6.48. The molecule has 3 N–H and O–H groups in total. The van der Waals surface area contributed by atoms with Crippen LogP contribution in [-0.2, 0) is 4.74 Å². The van der Waals surface area contributed by atoms with E-state index in [4.69, 9.17) is 21.1 Å². The van der Waals surface area contributed by atoms with Gasteiger partial charge in [-0.15, -0.1) is 0 Å². The van der Waals surface area contributed by atoms with Crippen LogP contribution < -0.4 is 15.4 Å². The van der Waals surface area contributed by atoms with E-state index in [2.05, 4.69) is 27.2 Å². The highest BCUT2D eigenvalue weighted by Gasteiger charge is 2.15. The number of ether oxygens (including phenoxy) is 2. The largest absolute Gasteiger partial charge is 0.493 e. The lowest BCUT2D eigenvalue weighted by Gasteiger charge is -2.23. The summed E-state index contributed by atoms with van der Waals surface area (Å²) in [7, 11) is 0. The van der Waals surface area contributed by atoms with Crippen molar-refractivity contribution in [3.05, 3.63) is 72.2 Å². The van der Waals surface area contributed by atoms with Crippen molar-refractivity contribution in [3.8, 4) is 17.0 Å². The van der Waals surface area contributed by atoms with E-state index in [1.54, 1.807) is 24.7 Å². The van der Waals surface area contributed by atoms with Crippen LogP contribution in [0, 0.1) is 0 Å². The number of nitrogens with one attached hydrogen (secondary N) is 3. The lowest BCUT2D eigenvalue weighted by Crippen LogP contribution is -2.44. The molecule has 32 heavy (non-hydrogen) atoms. The lowest BCUT2D eigenvalue weighted by molar-refractivity contribution is 0.0801. The van der Waals surface area contributed by atoms with Gasteiger partial charge in [0.25, 0.3) is 0 Å². The number of para-hydroxylation sites is 1. The third-order valence-electron chi connectivity index (χ3n) is 5.03. The number of H-pyrrole nitrogens is 1. The number of amides is 2. The molecule has 0 unspecified atom stereocenters. The average molecular weight is 457 g/mol. The molecule has 0 radical (unpaired) electrons. The molecule has 2 heterocycles. The quantitative estimate of drug-likeness (QED) is 0.457. The molecule has 0 saturated carbocycles. The van der Waals surface area contributed by atoms with Crippen molar-refractivity contribution < 1.29 is 14.3 Å². The predicted octanol–water partition coefficient (Wildman–Crippen LogP) is 4.56. The lowest BCUT2D eigenvalue weighted by atomic mass is 10.1. The van der Waals surface area contributed by atoms with Crippen molar-refractivity contribution in [2.45, 2.75) is 25.3 Å². The number of nitrogens with zero attached hydrogens (tertiary/aromatic N) is 1. The van der Waals surface area contributed by atoms with Crippen molar-refractivity contribution in [1.82, 2.24) is 20.6 Å². The number of imidazole rings is 1. The number of benzene rings is 1. The first-order valence-electron chi connectivity index (χ1n) is 10.7. The zero-order valence-electron chi connectivity index (χ0n) is 18.0. The predicted molar refractivity (Wildman–Crippen MR) is 127 cm³/mol. The zero-order chi connectivity index (χ0) is 22.6. The molecule has 1 saturated heterocycles. The molecule has 170 valence electrons. The molecule has 0 spiro atoms. The van der Waals surface area contributed by atoms with E-state index in [1.165, 1.54) is 0 Å². The molecule has 2 amide bonds. The maximum atomic E-state index is 12.1. The molecular weight excluding hydrogens is 428 g/mol. The van der Waals surface area contributed by atoms with Crippen LogP contribution in [0.5, 0.6) is 5.75 Å². The number of rotatable bonds is 10. The van der Waals surface area contributed by atoms with Crippen molar-refractivity contribution >= 4 is 17.6 Å². The third kappa shape index (κ3) is 7.28. The number of carbonyl (C=O) groups excluding carboxylic acids is 1.